The fourth-order valence-corrected chi connectivity index (χ4v) is 1.17. The van der Waals surface area contributed by atoms with Gasteiger partial charge in [0.25, 0.3) is 0 Å². The van der Waals surface area contributed by atoms with Gasteiger partial charge in [-0.2, -0.15) is 0 Å². The van der Waals surface area contributed by atoms with Crippen LogP contribution in [0.15, 0.2) is 0 Å². The lowest BCUT2D eigenvalue weighted by Gasteiger charge is -2.33. The van der Waals surface area contributed by atoms with Crippen LogP contribution in [-0.4, -0.2) is 34.6 Å². The van der Waals surface area contributed by atoms with Crippen molar-refractivity contribution in [2.75, 3.05) is 13.2 Å². The summed E-state index contributed by atoms with van der Waals surface area (Å²) in [7, 11) is 0. The third kappa shape index (κ3) is 2.77. The van der Waals surface area contributed by atoms with E-state index in [0.29, 0.717) is 0 Å². The first-order valence-corrected chi connectivity index (χ1v) is 3.85. The largest absolute Gasteiger partial charge is 0.396 e. The van der Waals surface area contributed by atoms with E-state index in [9.17, 15) is 5.11 Å². The number of aliphatic hydroxyl groups excluding tert-OH is 3. The van der Waals surface area contributed by atoms with Crippen molar-refractivity contribution in [3.8, 4) is 0 Å². The van der Waals surface area contributed by atoms with Crippen LogP contribution in [0.2, 0.25) is 0 Å². The molecule has 0 aliphatic carbocycles. The van der Waals surface area contributed by atoms with Crippen molar-refractivity contribution in [1.82, 2.24) is 0 Å². The van der Waals surface area contributed by atoms with Gasteiger partial charge in [0.1, 0.15) is 0 Å². The van der Waals surface area contributed by atoms with E-state index >= 15 is 0 Å². The number of rotatable bonds is 4. The third-order valence-corrected chi connectivity index (χ3v) is 2.19. The predicted octanol–water partition coefficient (Wildman–Crippen LogP) is -0.00580. The van der Waals surface area contributed by atoms with Crippen LogP contribution in [0.25, 0.3) is 0 Å². The van der Waals surface area contributed by atoms with Crippen molar-refractivity contribution in [3.63, 3.8) is 0 Å². The zero-order valence-corrected chi connectivity index (χ0v) is 7.41. The summed E-state index contributed by atoms with van der Waals surface area (Å²) in [5.41, 5.74) is -0.414. The van der Waals surface area contributed by atoms with E-state index in [4.69, 9.17) is 10.2 Å². The normalized spacial score (nSPS) is 18.0. The Kier molecular flexibility index (Phi) is 4.00. The molecule has 0 aromatic carbocycles. The van der Waals surface area contributed by atoms with Gasteiger partial charge in [-0.3, -0.25) is 0 Å². The minimum Gasteiger partial charge on any atom is -0.396 e. The number of aliphatic hydroxyl groups is 3. The second-order valence-electron chi connectivity index (χ2n) is 3.68. The lowest BCUT2D eigenvalue weighted by molar-refractivity contribution is -0.0191. The summed E-state index contributed by atoms with van der Waals surface area (Å²) >= 11 is 0. The molecule has 0 fully saturated rings. The van der Waals surface area contributed by atoms with Gasteiger partial charge in [0, 0.05) is 19.1 Å². The van der Waals surface area contributed by atoms with Gasteiger partial charge in [-0.15, -0.1) is 0 Å². The maximum Gasteiger partial charge on any atom is 0.0568 e. The average Bonchev–Trinajstić information content (AvgIpc) is 1.88. The summed E-state index contributed by atoms with van der Waals surface area (Å²) in [4.78, 5) is 0. The SMILES string of the molecule is CC(O)C(CO)C(C)(C)CO. The van der Waals surface area contributed by atoms with E-state index < -0.39 is 11.5 Å². The molecule has 3 N–H and O–H groups in total. The minimum atomic E-state index is -0.581. The molecular formula is C8H18O3. The lowest BCUT2D eigenvalue weighted by Crippen LogP contribution is -2.37. The molecule has 0 saturated carbocycles. The van der Waals surface area contributed by atoms with Crippen LogP contribution in [-0.2, 0) is 0 Å². The average molecular weight is 162 g/mol. The Morgan fingerprint density at radius 3 is 1.82 bits per heavy atom. The van der Waals surface area contributed by atoms with Gasteiger partial charge in [-0.1, -0.05) is 13.8 Å². The van der Waals surface area contributed by atoms with Gasteiger partial charge < -0.3 is 15.3 Å². The Labute approximate surface area is 67.7 Å². The predicted molar refractivity (Wildman–Crippen MR) is 43.1 cm³/mol. The highest BCUT2D eigenvalue weighted by atomic mass is 16.3. The number of hydrogen-bond donors (Lipinski definition) is 3. The molecule has 0 heterocycles. The molecule has 0 bridgehead atoms. The molecule has 2 unspecified atom stereocenters. The molecule has 0 spiro atoms. The molecule has 3 heteroatoms. The lowest BCUT2D eigenvalue weighted by atomic mass is 9.77. The van der Waals surface area contributed by atoms with Crippen LogP contribution in [0.1, 0.15) is 20.8 Å². The van der Waals surface area contributed by atoms with Gasteiger partial charge in [0.2, 0.25) is 0 Å². The molecular weight excluding hydrogens is 144 g/mol. The molecule has 0 aliphatic rings. The highest BCUT2D eigenvalue weighted by molar-refractivity contribution is 4.80. The maximum atomic E-state index is 9.21. The molecule has 0 saturated heterocycles. The van der Waals surface area contributed by atoms with Crippen molar-refractivity contribution < 1.29 is 15.3 Å². The van der Waals surface area contributed by atoms with Gasteiger partial charge in [0.15, 0.2) is 0 Å². The fourth-order valence-electron chi connectivity index (χ4n) is 1.17. The van der Waals surface area contributed by atoms with Crippen molar-refractivity contribution in [2.45, 2.75) is 26.9 Å². The molecule has 0 amide bonds. The molecule has 0 aliphatic heterocycles. The molecule has 2 atom stereocenters. The van der Waals surface area contributed by atoms with Crippen LogP contribution in [0.4, 0.5) is 0 Å². The van der Waals surface area contributed by atoms with Crippen LogP contribution in [0, 0.1) is 11.3 Å². The van der Waals surface area contributed by atoms with E-state index in [1.165, 1.54) is 0 Å². The first-order valence-electron chi connectivity index (χ1n) is 3.85. The van der Waals surface area contributed by atoms with Crippen molar-refractivity contribution in [1.29, 1.82) is 0 Å². The Bertz CT molecular complexity index is 110. The summed E-state index contributed by atoms with van der Waals surface area (Å²) in [6, 6.07) is 0. The molecule has 11 heavy (non-hydrogen) atoms. The second kappa shape index (κ2) is 4.04. The first kappa shape index (κ1) is 10.9. The van der Waals surface area contributed by atoms with E-state index in [1.807, 2.05) is 13.8 Å². The molecule has 68 valence electrons. The van der Waals surface area contributed by atoms with Crippen LogP contribution < -0.4 is 0 Å². The zero-order valence-electron chi connectivity index (χ0n) is 7.41. The van der Waals surface area contributed by atoms with Crippen LogP contribution >= 0.6 is 0 Å². The highest BCUT2D eigenvalue weighted by Gasteiger charge is 2.31. The van der Waals surface area contributed by atoms with Gasteiger partial charge >= 0.3 is 0 Å². The van der Waals surface area contributed by atoms with Gasteiger partial charge in [0.05, 0.1) is 6.10 Å². The molecule has 0 radical (unpaired) electrons. The van der Waals surface area contributed by atoms with Gasteiger partial charge in [-0.25, -0.2) is 0 Å². The van der Waals surface area contributed by atoms with Crippen molar-refractivity contribution in [2.24, 2.45) is 11.3 Å². The molecule has 3 nitrogen and oxygen atoms in total. The van der Waals surface area contributed by atoms with E-state index in [-0.39, 0.29) is 19.1 Å². The summed E-state index contributed by atoms with van der Waals surface area (Å²) in [5, 5.41) is 27.0. The summed E-state index contributed by atoms with van der Waals surface area (Å²) in [6.45, 7) is 5.15. The fraction of sp³-hybridized carbons (Fsp3) is 1.00. The topological polar surface area (TPSA) is 60.7 Å². The summed E-state index contributed by atoms with van der Waals surface area (Å²) in [6.07, 6.45) is -0.581. The Hall–Kier alpha value is -0.120. The standard InChI is InChI=1S/C8H18O3/c1-6(11)7(4-9)8(2,3)5-10/h6-7,9-11H,4-5H2,1-3H3. The van der Waals surface area contributed by atoms with E-state index in [2.05, 4.69) is 0 Å². The minimum absolute atomic E-state index is 0.0247. The Morgan fingerprint density at radius 2 is 1.73 bits per heavy atom. The molecule has 0 rings (SSSR count). The van der Waals surface area contributed by atoms with Crippen LogP contribution in [0.3, 0.4) is 0 Å². The quantitative estimate of drug-likeness (QED) is 0.545. The van der Waals surface area contributed by atoms with Gasteiger partial charge in [-0.05, 0) is 12.3 Å². The number of hydrogen-bond acceptors (Lipinski definition) is 3. The smallest absolute Gasteiger partial charge is 0.0568 e. The Morgan fingerprint density at radius 1 is 1.27 bits per heavy atom. The first-order chi connectivity index (χ1) is 4.95. The summed E-state index contributed by atoms with van der Waals surface area (Å²) in [5.74, 6) is -0.257. The zero-order chi connectivity index (χ0) is 9.07. The van der Waals surface area contributed by atoms with E-state index in [0.717, 1.165) is 0 Å². The van der Waals surface area contributed by atoms with E-state index in [1.54, 1.807) is 6.92 Å². The Balaban J connectivity index is 4.23. The maximum absolute atomic E-state index is 9.21. The third-order valence-electron chi connectivity index (χ3n) is 2.19. The van der Waals surface area contributed by atoms with Crippen molar-refractivity contribution >= 4 is 0 Å². The highest BCUT2D eigenvalue weighted by Crippen LogP contribution is 2.28. The molecule has 0 aromatic rings. The van der Waals surface area contributed by atoms with Crippen LogP contribution in [0.5, 0.6) is 0 Å². The van der Waals surface area contributed by atoms with Crippen molar-refractivity contribution in [3.05, 3.63) is 0 Å². The second-order valence-corrected chi connectivity index (χ2v) is 3.68. The summed E-state index contributed by atoms with van der Waals surface area (Å²) < 4.78 is 0. The molecule has 0 aromatic heterocycles. The monoisotopic (exact) mass is 162 g/mol.